The minimum Gasteiger partial charge on any atom is -1.00 e. The Morgan fingerprint density at radius 3 is 2.40 bits per heavy atom. The lowest BCUT2D eigenvalue weighted by Crippen LogP contribution is -3.00. The molecular formula is C19H22Cl2N3O-. The summed E-state index contributed by atoms with van der Waals surface area (Å²) >= 11 is 5.93. The molecule has 2 aromatic rings. The Labute approximate surface area is 160 Å². The fourth-order valence-corrected chi connectivity index (χ4v) is 3.11. The Hall–Kier alpha value is -1.75. The number of halogens is 2. The molecule has 25 heavy (non-hydrogen) atoms. The smallest absolute Gasteiger partial charge is 0.225 e. The van der Waals surface area contributed by atoms with Gasteiger partial charge in [-0.3, -0.25) is 9.69 Å². The molecule has 0 saturated carbocycles. The van der Waals surface area contributed by atoms with Gasteiger partial charge in [-0.05, 0) is 30.3 Å². The molecule has 1 fully saturated rings. The molecule has 0 aliphatic carbocycles. The Morgan fingerprint density at radius 1 is 1.00 bits per heavy atom. The molecule has 0 spiro atoms. The van der Waals surface area contributed by atoms with E-state index in [9.17, 15) is 4.79 Å². The molecule has 1 heterocycles. The van der Waals surface area contributed by atoms with Gasteiger partial charge in [-0.15, -0.1) is 0 Å². The number of hydrogen-bond acceptors (Lipinski definition) is 3. The van der Waals surface area contributed by atoms with Crippen molar-refractivity contribution in [2.75, 3.05) is 42.9 Å². The van der Waals surface area contributed by atoms with E-state index in [0.717, 1.165) is 38.4 Å². The third-order valence-electron chi connectivity index (χ3n) is 4.26. The van der Waals surface area contributed by atoms with Crippen LogP contribution in [0.15, 0.2) is 54.6 Å². The van der Waals surface area contributed by atoms with Gasteiger partial charge in [0, 0.05) is 55.5 Å². The van der Waals surface area contributed by atoms with Crippen molar-refractivity contribution in [1.82, 2.24) is 4.90 Å². The maximum Gasteiger partial charge on any atom is 0.225 e. The zero-order valence-electron chi connectivity index (χ0n) is 14.0. The molecule has 1 amide bonds. The highest BCUT2D eigenvalue weighted by Gasteiger charge is 2.17. The summed E-state index contributed by atoms with van der Waals surface area (Å²) in [5, 5.41) is 3.53. The fraction of sp³-hybridized carbons (Fsp3) is 0.316. The summed E-state index contributed by atoms with van der Waals surface area (Å²) in [5.74, 6) is 0.0303. The second-order valence-electron chi connectivity index (χ2n) is 5.97. The van der Waals surface area contributed by atoms with E-state index in [1.54, 1.807) is 12.1 Å². The quantitative estimate of drug-likeness (QED) is 0.822. The van der Waals surface area contributed by atoms with Crippen LogP contribution in [-0.2, 0) is 4.79 Å². The van der Waals surface area contributed by atoms with Gasteiger partial charge >= 0.3 is 0 Å². The maximum absolute atomic E-state index is 12.1. The molecule has 134 valence electrons. The summed E-state index contributed by atoms with van der Waals surface area (Å²) in [6.45, 7) is 4.76. The molecule has 0 atom stereocenters. The van der Waals surface area contributed by atoms with Crippen molar-refractivity contribution >= 4 is 28.9 Å². The minimum atomic E-state index is 0. The Morgan fingerprint density at radius 2 is 1.72 bits per heavy atom. The lowest BCUT2D eigenvalue weighted by atomic mass is 10.2. The number of para-hydroxylation sites is 1. The zero-order chi connectivity index (χ0) is 16.8. The SMILES string of the molecule is O=C(CCN1CCN(c2ccccc2)CC1)Nc1cccc(Cl)c1.[Cl-]. The average molecular weight is 379 g/mol. The summed E-state index contributed by atoms with van der Waals surface area (Å²) in [6, 6.07) is 17.7. The number of nitrogens with zero attached hydrogens (tertiary/aromatic N) is 2. The Kier molecular flexibility index (Phi) is 7.56. The van der Waals surface area contributed by atoms with Crippen LogP contribution in [0.2, 0.25) is 5.02 Å². The van der Waals surface area contributed by atoms with Crippen molar-refractivity contribution in [1.29, 1.82) is 0 Å². The highest BCUT2D eigenvalue weighted by atomic mass is 35.5. The number of rotatable bonds is 5. The molecule has 1 aliphatic heterocycles. The van der Waals surface area contributed by atoms with E-state index in [2.05, 4.69) is 39.4 Å². The second-order valence-corrected chi connectivity index (χ2v) is 6.41. The number of nitrogens with one attached hydrogen (secondary N) is 1. The molecule has 1 saturated heterocycles. The normalized spacial score (nSPS) is 14.7. The molecule has 0 radical (unpaired) electrons. The van der Waals surface area contributed by atoms with Gasteiger partial charge in [-0.1, -0.05) is 35.9 Å². The highest BCUT2D eigenvalue weighted by molar-refractivity contribution is 6.30. The van der Waals surface area contributed by atoms with Crippen LogP contribution >= 0.6 is 11.6 Å². The van der Waals surface area contributed by atoms with Crippen molar-refractivity contribution in [2.45, 2.75) is 6.42 Å². The van der Waals surface area contributed by atoms with Crippen molar-refractivity contribution in [3.63, 3.8) is 0 Å². The molecule has 1 N–H and O–H groups in total. The predicted molar refractivity (Wildman–Crippen MR) is 99.8 cm³/mol. The number of piperazine rings is 1. The third kappa shape index (κ3) is 5.92. The van der Waals surface area contributed by atoms with Gasteiger partial charge < -0.3 is 22.6 Å². The molecule has 4 nitrogen and oxygen atoms in total. The third-order valence-corrected chi connectivity index (χ3v) is 4.49. The lowest BCUT2D eigenvalue weighted by Gasteiger charge is -2.36. The highest BCUT2D eigenvalue weighted by Crippen LogP contribution is 2.16. The zero-order valence-corrected chi connectivity index (χ0v) is 15.5. The van der Waals surface area contributed by atoms with Crippen LogP contribution in [0, 0.1) is 0 Å². The van der Waals surface area contributed by atoms with Crippen molar-refractivity contribution < 1.29 is 17.2 Å². The van der Waals surface area contributed by atoms with Crippen LogP contribution in [0.1, 0.15) is 6.42 Å². The molecule has 0 bridgehead atoms. The van der Waals surface area contributed by atoms with Gasteiger partial charge in [0.25, 0.3) is 0 Å². The fourth-order valence-electron chi connectivity index (χ4n) is 2.92. The molecule has 6 heteroatoms. The van der Waals surface area contributed by atoms with Gasteiger partial charge in [0.15, 0.2) is 0 Å². The molecule has 0 unspecified atom stereocenters. The number of benzene rings is 2. The molecule has 0 aromatic heterocycles. The van der Waals surface area contributed by atoms with Gasteiger partial charge in [-0.2, -0.15) is 0 Å². The second kappa shape index (κ2) is 9.66. The Bertz CT molecular complexity index is 673. The van der Waals surface area contributed by atoms with E-state index in [0.29, 0.717) is 11.4 Å². The van der Waals surface area contributed by atoms with Gasteiger partial charge in [0.05, 0.1) is 0 Å². The largest absolute Gasteiger partial charge is 1.00 e. The van der Waals surface area contributed by atoms with Crippen LogP contribution < -0.4 is 22.6 Å². The van der Waals surface area contributed by atoms with Crippen LogP contribution in [0.3, 0.4) is 0 Å². The van der Waals surface area contributed by atoms with Crippen LogP contribution in [0.25, 0.3) is 0 Å². The summed E-state index contributed by atoms with van der Waals surface area (Å²) in [7, 11) is 0. The number of carbonyl (C=O) groups is 1. The molecule has 1 aliphatic rings. The van der Waals surface area contributed by atoms with E-state index >= 15 is 0 Å². The van der Waals surface area contributed by atoms with Gasteiger partial charge in [0.1, 0.15) is 0 Å². The van der Waals surface area contributed by atoms with Crippen molar-refractivity contribution in [3.8, 4) is 0 Å². The molecular weight excluding hydrogens is 357 g/mol. The summed E-state index contributed by atoms with van der Waals surface area (Å²) in [5.41, 5.74) is 2.03. The van der Waals surface area contributed by atoms with Crippen LogP contribution in [0.4, 0.5) is 11.4 Å². The van der Waals surface area contributed by atoms with Gasteiger partial charge in [-0.25, -0.2) is 0 Å². The minimum absolute atomic E-state index is 0. The number of hydrogen-bond donors (Lipinski definition) is 1. The first-order valence-corrected chi connectivity index (χ1v) is 8.66. The topological polar surface area (TPSA) is 35.6 Å². The Balaban J connectivity index is 0.00000225. The summed E-state index contributed by atoms with van der Waals surface area (Å²) < 4.78 is 0. The van der Waals surface area contributed by atoms with E-state index in [1.807, 2.05) is 18.2 Å². The van der Waals surface area contributed by atoms with E-state index in [1.165, 1.54) is 5.69 Å². The van der Waals surface area contributed by atoms with E-state index < -0.39 is 0 Å². The predicted octanol–water partition coefficient (Wildman–Crippen LogP) is 0.495. The molecule has 2 aromatic carbocycles. The number of amides is 1. The van der Waals surface area contributed by atoms with Crippen LogP contribution in [0.5, 0.6) is 0 Å². The standard InChI is InChI=1S/C19H22ClN3O.ClH/c20-16-5-4-6-17(15-16)21-19(24)9-10-22-11-13-23(14-12-22)18-7-2-1-3-8-18;/h1-8,15H,9-14H2,(H,21,24);1H/p-1. The van der Waals surface area contributed by atoms with E-state index in [-0.39, 0.29) is 18.3 Å². The van der Waals surface area contributed by atoms with Crippen LogP contribution in [-0.4, -0.2) is 43.5 Å². The van der Waals surface area contributed by atoms with Gasteiger partial charge in [0.2, 0.25) is 5.91 Å². The van der Waals surface area contributed by atoms with Crippen molar-refractivity contribution in [3.05, 3.63) is 59.6 Å². The van der Waals surface area contributed by atoms with Crippen molar-refractivity contribution in [2.24, 2.45) is 0 Å². The average Bonchev–Trinajstić information content (AvgIpc) is 2.61. The summed E-state index contributed by atoms with van der Waals surface area (Å²) in [4.78, 5) is 16.8. The lowest BCUT2D eigenvalue weighted by molar-refractivity contribution is -0.116. The first-order valence-electron chi connectivity index (χ1n) is 8.28. The number of carbonyl (C=O) groups excluding carboxylic acids is 1. The maximum atomic E-state index is 12.1. The monoisotopic (exact) mass is 378 g/mol. The first-order chi connectivity index (χ1) is 11.7. The first kappa shape index (κ1) is 19.6. The summed E-state index contributed by atoms with van der Waals surface area (Å²) in [6.07, 6.45) is 0.498. The number of anilines is 2. The molecule has 3 rings (SSSR count). The van der Waals surface area contributed by atoms with E-state index in [4.69, 9.17) is 11.6 Å².